The molecular formula is C12H19NO4. The predicted molar refractivity (Wildman–Crippen MR) is 62.7 cm³/mol. The molecule has 17 heavy (non-hydrogen) atoms. The average molecular weight is 241 g/mol. The second-order valence-corrected chi connectivity index (χ2v) is 4.22. The van der Waals surface area contributed by atoms with Gasteiger partial charge in [0.25, 0.3) is 0 Å². The van der Waals surface area contributed by atoms with Crippen LogP contribution < -0.4 is 5.32 Å². The number of carboxylic acid groups (broad SMARTS) is 1. The standard InChI is InChI=1S/C12H19NO4/c1-2-3-9-17-11(16)13-12(10(14)15)7-5-4-6-8-12/h4-5H,2-3,6-9H2,1H3,(H,13,16)(H,14,15). The van der Waals surface area contributed by atoms with Gasteiger partial charge in [-0.05, 0) is 25.7 Å². The van der Waals surface area contributed by atoms with Crippen molar-refractivity contribution in [2.45, 2.75) is 44.6 Å². The van der Waals surface area contributed by atoms with Crippen LogP contribution in [0.1, 0.15) is 39.0 Å². The fraction of sp³-hybridized carbons (Fsp3) is 0.667. The van der Waals surface area contributed by atoms with Crippen LogP contribution in [0.15, 0.2) is 12.2 Å². The van der Waals surface area contributed by atoms with E-state index < -0.39 is 17.6 Å². The SMILES string of the molecule is CCCCOC(=O)NC1(C(=O)O)CC=CCC1. The lowest BCUT2D eigenvalue weighted by Gasteiger charge is -2.30. The fourth-order valence-corrected chi connectivity index (χ4v) is 1.74. The molecule has 1 rings (SSSR count). The van der Waals surface area contributed by atoms with E-state index in [1.165, 1.54) is 0 Å². The summed E-state index contributed by atoms with van der Waals surface area (Å²) < 4.78 is 4.92. The minimum Gasteiger partial charge on any atom is -0.479 e. The number of carboxylic acids is 1. The topological polar surface area (TPSA) is 75.6 Å². The Balaban J connectivity index is 2.52. The van der Waals surface area contributed by atoms with Crippen LogP contribution in [0.2, 0.25) is 0 Å². The summed E-state index contributed by atoms with van der Waals surface area (Å²) in [7, 11) is 0. The Bertz CT molecular complexity index is 314. The van der Waals surface area contributed by atoms with Gasteiger partial charge in [-0.15, -0.1) is 0 Å². The maximum atomic E-state index is 11.5. The molecule has 0 aliphatic heterocycles. The van der Waals surface area contributed by atoms with Gasteiger partial charge in [0.15, 0.2) is 0 Å². The van der Waals surface area contributed by atoms with Crippen molar-refractivity contribution in [2.24, 2.45) is 0 Å². The number of carbonyl (C=O) groups excluding carboxylic acids is 1. The number of amides is 1. The molecule has 0 bridgehead atoms. The molecule has 1 aliphatic carbocycles. The van der Waals surface area contributed by atoms with Crippen molar-refractivity contribution >= 4 is 12.1 Å². The number of hydrogen-bond acceptors (Lipinski definition) is 3. The Morgan fingerprint density at radius 2 is 2.24 bits per heavy atom. The maximum absolute atomic E-state index is 11.5. The highest BCUT2D eigenvalue weighted by atomic mass is 16.5. The van der Waals surface area contributed by atoms with Gasteiger partial charge in [-0.2, -0.15) is 0 Å². The summed E-state index contributed by atoms with van der Waals surface area (Å²) in [5, 5.41) is 11.7. The molecule has 0 aromatic heterocycles. The lowest BCUT2D eigenvalue weighted by atomic mass is 9.86. The molecule has 0 aromatic carbocycles. The summed E-state index contributed by atoms with van der Waals surface area (Å²) in [5.41, 5.74) is -1.20. The van der Waals surface area contributed by atoms with Gasteiger partial charge >= 0.3 is 12.1 Å². The number of aliphatic carboxylic acids is 1. The highest BCUT2D eigenvalue weighted by Crippen LogP contribution is 2.24. The Morgan fingerprint density at radius 1 is 1.47 bits per heavy atom. The Morgan fingerprint density at radius 3 is 2.76 bits per heavy atom. The second-order valence-electron chi connectivity index (χ2n) is 4.22. The molecule has 1 unspecified atom stereocenters. The Hall–Kier alpha value is -1.52. The zero-order valence-electron chi connectivity index (χ0n) is 10.1. The van der Waals surface area contributed by atoms with Crippen molar-refractivity contribution in [3.05, 3.63) is 12.2 Å². The molecular weight excluding hydrogens is 222 g/mol. The Labute approximate surface area is 101 Å². The molecule has 0 radical (unpaired) electrons. The monoisotopic (exact) mass is 241 g/mol. The molecule has 1 aliphatic rings. The van der Waals surface area contributed by atoms with Crippen molar-refractivity contribution in [1.82, 2.24) is 5.32 Å². The molecule has 5 heteroatoms. The van der Waals surface area contributed by atoms with Gasteiger partial charge in [0, 0.05) is 0 Å². The first-order valence-corrected chi connectivity index (χ1v) is 5.94. The van der Waals surface area contributed by atoms with E-state index in [-0.39, 0.29) is 0 Å². The average Bonchev–Trinajstić information content (AvgIpc) is 2.30. The molecule has 1 atom stereocenters. The molecule has 0 saturated heterocycles. The third-order valence-corrected chi connectivity index (χ3v) is 2.85. The first-order chi connectivity index (χ1) is 8.10. The summed E-state index contributed by atoms with van der Waals surface area (Å²) in [5.74, 6) is -1.01. The summed E-state index contributed by atoms with van der Waals surface area (Å²) in [6.07, 6.45) is 6.15. The number of unbranched alkanes of at least 4 members (excludes halogenated alkanes) is 1. The number of hydrogen-bond donors (Lipinski definition) is 2. The molecule has 0 heterocycles. The van der Waals surface area contributed by atoms with E-state index in [2.05, 4.69) is 5.32 Å². The smallest absolute Gasteiger partial charge is 0.408 e. The van der Waals surface area contributed by atoms with E-state index in [4.69, 9.17) is 4.74 Å². The molecule has 0 saturated carbocycles. The molecule has 2 N–H and O–H groups in total. The number of alkyl carbamates (subject to hydrolysis) is 1. The van der Waals surface area contributed by atoms with Gasteiger partial charge in [-0.1, -0.05) is 25.5 Å². The summed E-state index contributed by atoms with van der Waals surface area (Å²) in [6, 6.07) is 0. The normalized spacial score (nSPS) is 23.1. The van der Waals surface area contributed by atoms with E-state index in [9.17, 15) is 14.7 Å². The van der Waals surface area contributed by atoms with Crippen LogP contribution in [0.4, 0.5) is 4.79 Å². The molecule has 1 amide bonds. The van der Waals surface area contributed by atoms with Crippen LogP contribution in [-0.2, 0) is 9.53 Å². The largest absolute Gasteiger partial charge is 0.479 e. The Kier molecular flexibility index (Phi) is 5.00. The molecule has 0 aromatic rings. The minimum absolute atomic E-state index is 0.311. The number of allylic oxidation sites excluding steroid dienone is 1. The first kappa shape index (κ1) is 13.5. The number of rotatable bonds is 5. The van der Waals surface area contributed by atoms with E-state index in [1.54, 1.807) is 6.08 Å². The zero-order valence-corrected chi connectivity index (χ0v) is 10.1. The maximum Gasteiger partial charge on any atom is 0.408 e. The number of carbonyl (C=O) groups is 2. The number of nitrogens with one attached hydrogen (secondary N) is 1. The third kappa shape index (κ3) is 3.76. The van der Waals surface area contributed by atoms with E-state index in [1.807, 2.05) is 13.0 Å². The highest BCUT2D eigenvalue weighted by Gasteiger charge is 2.40. The van der Waals surface area contributed by atoms with Crippen LogP contribution in [0.25, 0.3) is 0 Å². The van der Waals surface area contributed by atoms with Gasteiger partial charge in [0.2, 0.25) is 0 Å². The summed E-state index contributed by atoms with van der Waals surface area (Å²) >= 11 is 0. The number of ether oxygens (including phenoxy) is 1. The lowest BCUT2D eigenvalue weighted by Crippen LogP contribution is -2.55. The van der Waals surface area contributed by atoms with Crippen molar-refractivity contribution in [3.8, 4) is 0 Å². The lowest BCUT2D eigenvalue weighted by molar-refractivity contribution is -0.145. The van der Waals surface area contributed by atoms with Gasteiger partial charge in [-0.3, -0.25) is 0 Å². The summed E-state index contributed by atoms with van der Waals surface area (Å²) in [4.78, 5) is 22.7. The zero-order chi connectivity index (χ0) is 12.7. The summed E-state index contributed by atoms with van der Waals surface area (Å²) in [6.45, 7) is 2.32. The quantitative estimate of drug-likeness (QED) is 0.570. The molecule has 0 fully saturated rings. The predicted octanol–water partition coefficient (Wildman–Crippen LogP) is 2.08. The van der Waals surface area contributed by atoms with Crippen molar-refractivity contribution < 1.29 is 19.4 Å². The van der Waals surface area contributed by atoms with Crippen molar-refractivity contribution in [3.63, 3.8) is 0 Å². The van der Waals surface area contributed by atoms with Crippen molar-refractivity contribution in [1.29, 1.82) is 0 Å². The van der Waals surface area contributed by atoms with Crippen LogP contribution in [0.3, 0.4) is 0 Å². The van der Waals surface area contributed by atoms with Crippen LogP contribution in [-0.4, -0.2) is 29.3 Å². The first-order valence-electron chi connectivity index (χ1n) is 5.94. The van der Waals surface area contributed by atoms with Crippen molar-refractivity contribution in [2.75, 3.05) is 6.61 Å². The van der Waals surface area contributed by atoms with Gasteiger partial charge in [0.05, 0.1) is 6.61 Å². The molecule has 96 valence electrons. The van der Waals surface area contributed by atoms with Gasteiger partial charge in [-0.25, -0.2) is 9.59 Å². The van der Waals surface area contributed by atoms with Crippen LogP contribution >= 0.6 is 0 Å². The molecule has 0 spiro atoms. The van der Waals surface area contributed by atoms with E-state index >= 15 is 0 Å². The fourth-order valence-electron chi connectivity index (χ4n) is 1.74. The van der Waals surface area contributed by atoms with E-state index in [0.29, 0.717) is 25.9 Å². The van der Waals surface area contributed by atoms with Crippen LogP contribution in [0, 0.1) is 0 Å². The van der Waals surface area contributed by atoms with Crippen LogP contribution in [0.5, 0.6) is 0 Å². The molecule has 5 nitrogen and oxygen atoms in total. The van der Waals surface area contributed by atoms with Gasteiger partial charge < -0.3 is 15.2 Å². The minimum atomic E-state index is -1.20. The van der Waals surface area contributed by atoms with Gasteiger partial charge in [0.1, 0.15) is 5.54 Å². The third-order valence-electron chi connectivity index (χ3n) is 2.85. The highest BCUT2D eigenvalue weighted by molar-refractivity contribution is 5.84. The van der Waals surface area contributed by atoms with E-state index in [0.717, 1.165) is 12.8 Å². The second kappa shape index (κ2) is 6.27.